The monoisotopic (exact) mass is 342 g/mol. The highest BCUT2D eigenvalue weighted by Crippen LogP contribution is 2.38. The van der Waals surface area contributed by atoms with Crippen LogP contribution in [-0.2, 0) is 0 Å². The molecule has 25 heavy (non-hydrogen) atoms. The lowest BCUT2D eigenvalue weighted by atomic mass is 10.2. The number of nitrogens with zero attached hydrogens (tertiary/aromatic N) is 4. The van der Waals surface area contributed by atoms with Gasteiger partial charge in [-0.3, -0.25) is 14.6 Å². The summed E-state index contributed by atoms with van der Waals surface area (Å²) in [6.07, 6.45) is 2.39. The second-order valence-corrected chi connectivity index (χ2v) is 6.37. The normalized spacial score (nSPS) is 17.6. The molecule has 0 unspecified atom stereocenters. The van der Waals surface area contributed by atoms with Crippen molar-refractivity contribution in [1.29, 1.82) is 0 Å². The minimum atomic E-state index is -0.680. The maximum Gasteiger partial charge on any atom is 0.326 e. The first-order valence-corrected chi connectivity index (χ1v) is 8.31. The van der Waals surface area contributed by atoms with E-state index in [-0.39, 0.29) is 11.6 Å². The zero-order valence-electron chi connectivity index (χ0n) is 13.6. The Hall–Kier alpha value is -2.97. The van der Waals surface area contributed by atoms with Crippen molar-refractivity contribution in [3.8, 4) is 0 Å². The van der Waals surface area contributed by atoms with E-state index < -0.39 is 11.2 Å². The van der Waals surface area contributed by atoms with Gasteiger partial charge in [-0.05, 0) is 25.0 Å². The number of hydrogen-bond acceptors (Lipinski definition) is 6. The van der Waals surface area contributed by atoms with Crippen LogP contribution < -0.4 is 16.1 Å². The third-order valence-electron chi connectivity index (χ3n) is 4.55. The summed E-state index contributed by atoms with van der Waals surface area (Å²) >= 11 is 0. The van der Waals surface area contributed by atoms with E-state index in [1.54, 1.807) is 4.90 Å². The molecule has 9 nitrogen and oxygen atoms in total. The molecule has 130 valence electrons. The number of piperazine rings is 1. The van der Waals surface area contributed by atoms with Gasteiger partial charge in [-0.1, -0.05) is 0 Å². The highest BCUT2D eigenvalue weighted by molar-refractivity contribution is 5.92. The molecule has 1 amide bonds. The van der Waals surface area contributed by atoms with Crippen molar-refractivity contribution in [3.63, 3.8) is 0 Å². The predicted octanol–water partition coefficient (Wildman–Crippen LogP) is -0.307. The number of rotatable bonds is 3. The molecule has 0 spiro atoms. The van der Waals surface area contributed by atoms with Gasteiger partial charge in [-0.2, -0.15) is 5.10 Å². The Balaban J connectivity index is 1.41. The molecule has 0 aromatic carbocycles. The first-order valence-electron chi connectivity index (χ1n) is 8.31. The highest BCUT2D eigenvalue weighted by Gasteiger charge is 2.27. The van der Waals surface area contributed by atoms with E-state index >= 15 is 0 Å². The Kier molecular flexibility index (Phi) is 3.83. The molecule has 2 N–H and O–H groups in total. The maximum atomic E-state index is 12.4. The lowest BCUT2D eigenvalue weighted by molar-refractivity contribution is 0.0740. The average Bonchev–Trinajstić information content (AvgIpc) is 3.46. The molecule has 9 heteroatoms. The standard InChI is InChI=1S/C16H18N6O3/c23-14-9-12(17-16(25)18-14)15(24)22-7-5-21(6-8-22)13-4-3-11(19-20-13)10-1-2-10/h3-4,9-10H,1-2,5-8H2,(H2,17,18,23,25). The van der Waals surface area contributed by atoms with Crippen LogP contribution in [0.15, 0.2) is 27.8 Å². The number of carbonyl (C=O) groups excluding carboxylic acids is 1. The number of amides is 1. The van der Waals surface area contributed by atoms with Crippen molar-refractivity contribution in [2.45, 2.75) is 18.8 Å². The van der Waals surface area contributed by atoms with Crippen LogP contribution >= 0.6 is 0 Å². The fraction of sp³-hybridized carbons (Fsp3) is 0.438. The molecular formula is C16H18N6O3. The van der Waals surface area contributed by atoms with Gasteiger partial charge in [0, 0.05) is 38.2 Å². The molecule has 0 bridgehead atoms. The summed E-state index contributed by atoms with van der Waals surface area (Å²) < 4.78 is 0. The zero-order chi connectivity index (χ0) is 17.4. The zero-order valence-corrected chi connectivity index (χ0v) is 13.6. The minimum Gasteiger partial charge on any atom is -0.352 e. The van der Waals surface area contributed by atoms with Gasteiger partial charge in [-0.25, -0.2) is 4.79 Å². The van der Waals surface area contributed by atoms with Crippen LogP contribution in [0.5, 0.6) is 0 Å². The molecule has 2 aromatic heterocycles. The maximum absolute atomic E-state index is 12.4. The topological polar surface area (TPSA) is 115 Å². The van der Waals surface area contributed by atoms with Gasteiger partial charge in [-0.15, -0.1) is 5.10 Å². The number of nitrogens with one attached hydrogen (secondary N) is 2. The minimum absolute atomic E-state index is 0.00998. The quantitative estimate of drug-likeness (QED) is 0.791. The molecule has 1 aliphatic heterocycles. The smallest absolute Gasteiger partial charge is 0.326 e. The Morgan fingerprint density at radius 1 is 1.04 bits per heavy atom. The lowest BCUT2D eigenvalue weighted by Crippen LogP contribution is -2.49. The highest BCUT2D eigenvalue weighted by atomic mass is 16.2. The Morgan fingerprint density at radius 3 is 2.40 bits per heavy atom. The van der Waals surface area contributed by atoms with Crippen LogP contribution in [0.4, 0.5) is 5.82 Å². The average molecular weight is 342 g/mol. The molecular weight excluding hydrogens is 324 g/mol. The Morgan fingerprint density at radius 2 is 1.80 bits per heavy atom. The van der Waals surface area contributed by atoms with Crippen molar-refractivity contribution < 1.29 is 4.79 Å². The molecule has 1 saturated heterocycles. The molecule has 2 aromatic rings. The van der Waals surface area contributed by atoms with Crippen molar-refractivity contribution >= 4 is 11.7 Å². The van der Waals surface area contributed by atoms with Crippen LogP contribution in [0.1, 0.15) is 34.9 Å². The van der Waals surface area contributed by atoms with Gasteiger partial charge in [0.05, 0.1) is 5.69 Å². The number of H-pyrrole nitrogens is 2. The van der Waals surface area contributed by atoms with Gasteiger partial charge in [0.2, 0.25) is 0 Å². The molecule has 1 aliphatic carbocycles. The summed E-state index contributed by atoms with van der Waals surface area (Å²) in [5.74, 6) is 1.03. The number of hydrogen-bond donors (Lipinski definition) is 2. The molecule has 0 atom stereocenters. The first-order chi connectivity index (χ1) is 12.1. The van der Waals surface area contributed by atoms with Crippen molar-refractivity contribution in [3.05, 3.63) is 50.4 Å². The van der Waals surface area contributed by atoms with Gasteiger partial charge < -0.3 is 14.8 Å². The third-order valence-corrected chi connectivity index (χ3v) is 4.55. The molecule has 2 fully saturated rings. The first kappa shape index (κ1) is 15.6. The van der Waals surface area contributed by atoms with E-state index in [1.807, 2.05) is 12.1 Å². The molecule has 1 saturated carbocycles. The van der Waals surface area contributed by atoms with E-state index in [9.17, 15) is 14.4 Å². The molecule has 0 radical (unpaired) electrons. The summed E-state index contributed by atoms with van der Waals surface area (Å²) in [5.41, 5.74) is -0.205. The summed E-state index contributed by atoms with van der Waals surface area (Å²) in [6.45, 7) is 2.21. The van der Waals surface area contributed by atoms with Crippen LogP contribution in [0.25, 0.3) is 0 Å². The van der Waals surface area contributed by atoms with Crippen LogP contribution in [0.3, 0.4) is 0 Å². The van der Waals surface area contributed by atoms with Gasteiger partial charge in [0.15, 0.2) is 5.82 Å². The number of aromatic nitrogens is 4. The number of aromatic amines is 2. The number of carbonyl (C=O) groups is 1. The van der Waals surface area contributed by atoms with Crippen LogP contribution in [0.2, 0.25) is 0 Å². The van der Waals surface area contributed by atoms with Crippen molar-refractivity contribution in [2.24, 2.45) is 0 Å². The fourth-order valence-electron chi connectivity index (χ4n) is 2.99. The second kappa shape index (κ2) is 6.15. The Bertz CT molecular complexity index is 863. The fourth-order valence-corrected chi connectivity index (χ4v) is 2.99. The van der Waals surface area contributed by atoms with E-state index in [4.69, 9.17) is 0 Å². The van der Waals surface area contributed by atoms with Gasteiger partial charge >= 0.3 is 5.69 Å². The van der Waals surface area contributed by atoms with E-state index in [2.05, 4.69) is 25.1 Å². The SMILES string of the molecule is O=C(c1cc(=O)[nH]c(=O)[nH]1)N1CCN(c2ccc(C3CC3)nn2)CC1. The van der Waals surface area contributed by atoms with Crippen LogP contribution in [0, 0.1) is 0 Å². The van der Waals surface area contributed by atoms with Crippen molar-refractivity contribution in [1.82, 2.24) is 25.1 Å². The summed E-state index contributed by atoms with van der Waals surface area (Å²) in [5, 5.41) is 8.58. The van der Waals surface area contributed by atoms with E-state index in [0.717, 1.165) is 17.6 Å². The molecule has 3 heterocycles. The third kappa shape index (κ3) is 3.30. The summed E-state index contributed by atoms with van der Waals surface area (Å²) in [6, 6.07) is 5.11. The lowest BCUT2D eigenvalue weighted by Gasteiger charge is -2.35. The summed E-state index contributed by atoms with van der Waals surface area (Å²) in [4.78, 5) is 43.2. The predicted molar refractivity (Wildman–Crippen MR) is 89.8 cm³/mol. The van der Waals surface area contributed by atoms with E-state index in [0.29, 0.717) is 32.1 Å². The van der Waals surface area contributed by atoms with Gasteiger partial charge in [0.25, 0.3) is 11.5 Å². The second-order valence-electron chi connectivity index (χ2n) is 6.37. The summed E-state index contributed by atoms with van der Waals surface area (Å²) in [7, 11) is 0. The number of anilines is 1. The molecule has 4 rings (SSSR count). The largest absolute Gasteiger partial charge is 0.352 e. The van der Waals surface area contributed by atoms with Gasteiger partial charge in [0.1, 0.15) is 5.69 Å². The van der Waals surface area contributed by atoms with Crippen molar-refractivity contribution in [2.75, 3.05) is 31.1 Å². The van der Waals surface area contributed by atoms with Crippen LogP contribution in [-0.4, -0.2) is 57.2 Å². The van der Waals surface area contributed by atoms with E-state index in [1.165, 1.54) is 12.8 Å². The molecule has 2 aliphatic rings. The Labute approximate surface area is 142 Å².